The molecule has 0 aliphatic rings. The van der Waals surface area contributed by atoms with Crippen molar-refractivity contribution in [2.45, 2.75) is 12.3 Å². The number of aliphatic hydroxyl groups excluding tert-OH is 1. The van der Waals surface area contributed by atoms with Crippen molar-refractivity contribution in [3.63, 3.8) is 0 Å². The van der Waals surface area contributed by atoms with Gasteiger partial charge in [0.25, 0.3) is 0 Å². The minimum absolute atomic E-state index is 0.0159. The lowest BCUT2D eigenvalue weighted by Gasteiger charge is -2.17. The Morgan fingerprint density at radius 2 is 1.95 bits per heavy atom. The number of benzene rings is 2. The van der Waals surface area contributed by atoms with E-state index in [1.54, 1.807) is 0 Å². The van der Waals surface area contributed by atoms with Gasteiger partial charge in [0.05, 0.1) is 12.1 Å². The Balaban J connectivity index is 2.16. The summed E-state index contributed by atoms with van der Waals surface area (Å²) in [6.45, 7) is 7.19. The molecule has 22 heavy (non-hydrogen) atoms. The van der Waals surface area contributed by atoms with Gasteiger partial charge in [0, 0.05) is 24.1 Å². The van der Waals surface area contributed by atoms with E-state index in [1.807, 2.05) is 36.4 Å². The maximum atomic E-state index is 14.3. The summed E-state index contributed by atoms with van der Waals surface area (Å²) in [5, 5.41) is 9.94. The van der Waals surface area contributed by atoms with Crippen LogP contribution >= 0.6 is 0 Å². The number of halogens is 1. The summed E-state index contributed by atoms with van der Waals surface area (Å²) in [7, 11) is 0. The molecule has 0 bridgehead atoms. The summed E-state index contributed by atoms with van der Waals surface area (Å²) in [5.74, 6) is -0.472. The molecule has 3 nitrogen and oxygen atoms in total. The standard InChI is InChI=1S/C18H15FN2O/c1-20-17-11-21-18-15(17)9-13(10-16(18)19)14(7-8-22)12-5-3-2-4-6-12/h2-6,9-11,14,21-22H,7-8H2. The Morgan fingerprint density at radius 1 is 1.18 bits per heavy atom. The van der Waals surface area contributed by atoms with E-state index in [1.165, 1.54) is 12.3 Å². The maximum absolute atomic E-state index is 14.3. The first-order valence-corrected chi connectivity index (χ1v) is 7.08. The predicted octanol–water partition coefficient (Wildman–Crippen LogP) is 4.37. The van der Waals surface area contributed by atoms with Gasteiger partial charge >= 0.3 is 0 Å². The maximum Gasteiger partial charge on any atom is 0.211 e. The average molecular weight is 294 g/mol. The zero-order chi connectivity index (χ0) is 15.5. The van der Waals surface area contributed by atoms with Gasteiger partial charge in [-0.25, -0.2) is 9.24 Å². The van der Waals surface area contributed by atoms with Gasteiger partial charge in [0.2, 0.25) is 5.69 Å². The molecule has 1 unspecified atom stereocenters. The Kier molecular flexibility index (Phi) is 3.90. The number of H-pyrrole nitrogens is 1. The molecule has 0 aliphatic heterocycles. The molecule has 0 fully saturated rings. The molecule has 4 heteroatoms. The second kappa shape index (κ2) is 6.00. The summed E-state index contributed by atoms with van der Waals surface area (Å²) in [5.41, 5.74) is 2.56. The van der Waals surface area contributed by atoms with Crippen molar-refractivity contribution in [2.75, 3.05) is 6.61 Å². The summed E-state index contributed by atoms with van der Waals surface area (Å²) in [6.07, 6.45) is 2.03. The molecule has 2 N–H and O–H groups in total. The van der Waals surface area contributed by atoms with Crippen LogP contribution in [0.2, 0.25) is 0 Å². The molecule has 2 aromatic carbocycles. The number of aliphatic hydroxyl groups is 1. The molecule has 3 aromatic rings. The van der Waals surface area contributed by atoms with Gasteiger partial charge in [-0.05, 0) is 23.6 Å². The quantitative estimate of drug-likeness (QED) is 0.689. The van der Waals surface area contributed by atoms with E-state index in [2.05, 4.69) is 9.83 Å². The fourth-order valence-electron chi connectivity index (χ4n) is 2.83. The minimum Gasteiger partial charge on any atom is -0.396 e. The number of fused-ring (bicyclic) bond motifs is 1. The first-order chi connectivity index (χ1) is 10.7. The van der Waals surface area contributed by atoms with Crippen molar-refractivity contribution in [1.29, 1.82) is 0 Å². The van der Waals surface area contributed by atoms with Crippen molar-refractivity contribution in [3.05, 3.63) is 77.0 Å². The summed E-state index contributed by atoms with van der Waals surface area (Å²) in [6, 6.07) is 13.0. The van der Waals surface area contributed by atoms with Crippen LogP contribution in [0.4, 0.5) is 10.1 Å². The Labute approximate surface area is 127 Å². The zero-order valence-electron chi connectivity index (χ0n) is 11.9. The largest absolute Gasteiger partial charge is 0.396 e. The van der Waals surface area contributed by atoms with Crippen molar-refractivity contribution in [2.24, 2.45) is 0 Å². The van der Waals surface area contributed by atoms with Crippen LogP contribution in [0.25, 0.3) is 15.7 Å². The smallest absolute Gasteiger partial charge is 0.211 e. The highest BCUT2D eigenvalue weighted by molar-refractivity contribution is 5.93. The Hall–Kier alpha value is -2.64. The third-order valence-electron chi connectivity index (χ3n) is 3.88. The molecule has 3 rings (SSSR count). The molecule has 1 aromatic heterocycles. The third kappa shape index (κ3) is 2.47. The van der Waals surface area contributed by atoms with E-state index in [4.69, 9.17) is 6.57 Å². The number of rotatable bonds is 4. The molecular formula is C18H15FN2O. The van der Waals surface area contributed by atoms with Crippen molar-refractivity contribution in [3.8, 4) is 0 Å². The van der Waals surface area contributed by atoms with Gasteiger partial charge < -0.3 is 10.1 Å². The number of hydrogen-bond acceptors (Lipinski definition) is 1. The average Bonchev–Trinajstić information content (AvgIpc) is 2.97. The first kappa shape index (κ1) is 14.3. The Morgan fingerprint density at radius 3 is 2.64 bits per heavy atom. The van der Waals surface area contributed by atoms with Crippen molar-refractivity contribution < 1.29 is 9.50 Å². The number of aromatic amines is 1. The second-order valence-corrected chi connectivity index (χ2v) is 5.19. The molecule has 0 amide bonds. The second-order valence-electron chi connectivity index (χ2n) is 5.19. The monoisotopic (exact) mass is 294 g/mol. The lowest BCUT2D eigenvalue weighted by Crippen LogP contribution is -2.04. The summed E-state index contributed by atoms with van der Waals surface area (Å²) < 4.78 is 14.3. The third-order valence-corrected chi connectivity index (χ3v) is 3.88. The molecule has 110 valence electrons. The normalized spacial score (nSPS) is 12.2. The topological polar surface area (TPSA) is 40.4 Å². The first-order valence-electron chi connectivity index (χ1n) is 7.08. The molecule has 1 heterocycles. The molecule has 0 saturated carbocycles. The number of hydrogen-bond donors (Lipinski definition) is 2. The highest BCUT2D eigenvalue weighted by Crippen LogP contribution is 2.34. The number of aromatic nitrogens is 1. The molecule has 0 radical (unpaired) electrons. The van der Waals surface area contributed by atoms with Gasteiger partial charge in [-0.1, -0.05) is 36.4 Å². The van der Waals surface area contributed by atoms with E-state index < -0.39 is 0 Å². The van der Waals surface area contributed by atoms with Crippen LogP contribution in [0.15, 0.2) is 48.7 Å². The van der Waals surface area contributed by atoms with E-state index >= 15 is 0 Å². The van der Waals surface area contributed by atoms with Gasteiger partial charge in [0.1, 0.15) is 5.82 Å². The van der Waals surface area contributed by atoms with Gasteiger partial charge in [-0.3, -0.25) is 0 Å². The van der Waals surface area contributed by atoms with Crippen LogP contribution in [0, 0.1) is 12.4 Å². The lowest BCUT2D eigenvalue weighted by molar-refractivity contribution is 0.281. The fraction of sp³-hybridized carbons (Fsp3) is 0.167. The lowest BCUT2D eigenvalue weighted by atomic mass is 9.88. The van der Waals surface area contributed by atoms with E-state index in [9.17, 15) is 9.50 Å². The molecule has 0 saturated heterocycles. The Bertz CT molecular complexity index is 833. The van der Waals surface area contributed by atoms with E-state index in [0.717, 1.165) is 11.1 Å². The van der Waals surface area contributed by atoms with Crippen LogP contribution in [0.3, 0.4) is 0 Å². The minimum atomic E-state index is -0.374. The molecular weight excluding hydrogens is 279 g/mol. The van der Waals surface area contributed by atoms with E-state index in [-0.39, 0.29) is 18.3 Å². The van der Waals surface area contributed by atoms with E-state index in [0.29, 0.717) is 23.0 Å². The van der Waals surface area contributed by atoms with Crippen LogP contribution in [0.5, 0.6) is 0 Å². The molecule has 0 aliphatic carbocycles. The summed E-state index contributed by atoms with van der Waals surface area (Å²) >= 11 is 0. The van der Waals surface area contributed by atoms with Gasteiger partial charge in [-0.2, -0.15) is 0 Å². The molecule has 0 spiro atoms. The zero-order valence-corrected chi connectivity index (χ0v) is 11.9. The van der Waals surface area contributed by atoms with Crippen LogP contribution in [-0.2, 0) is 0 Å². The highest BCUT2D eigenvalue weighted by Gasteiger charge is 2.17. The van der Waals surface area contributed by atoms with Gasteiger partial charge in [-0.15, -0.1) is 0 Å². The molecule has 1 atom stereocenters. The van der Waals surface area contributed by atoms with Gasteiger partial charge in [0.15, 0.2) is 0 Å². The summed E-state index contributed by atoms with van der Waals surface area (Å²) in [4.78, 5) is 6.23. The predicted molar refractivity (Wildman–Crippen MR) is 84.5 cm³/mol. The number of nitrogens with one attached hydrogen (secondary N) is 1. The van der Waals surface area contributed by atoms with Crippen LogP contribution < -0.4 is 0 Å². The number of nitrogens with zero attached hydrogens (tertiary/aromatic N) is 1. The van der Waals surface area contributed by atoms with Crippen LogP contribution in [-0.4, -0.2) is 16.7 Å². The van der Waals surface area contributed by atoms with Crippen LogP contribution in [0.1, 0.15) is 23.5 Å². The highest BCUT2D eigenvalue weighted by atomic mass is 19.1. The SMILES string of the molecule is [C-]#[N+]c1c[nH]c2c(F)cc(C(CCO)c3ccccc3)cc12. The van der Waals surface area contributed by atoms with Crippen molar-refractivity contribution in [1.82, 2.24) is 4.98 Å². The fourth-order valence-corrected chi connectivity index (χ4v) is 2.83. The van der Waals surface area contributed by atoms with Crippen molar-refractivity contribution >= 4 is 16.6 Å².